The summed E-state index contributed by atoms with van der Waals surface area (Å²) in [5.74, 6) is -1.37. The van der Waals surface area contributed by atoms with Crippen LogP contribution in [-0.4, -0.2) is 9.97 Å². The van der Waals surface area contributed by atoms with Crippen LogP contribution in [0.15, 0.2) is 40.9 Å². The molecule has 0 atom stereocenters. The third-order valence-electron chi connectivity index (χ3n) is 2.63. The van der Waals surface area contributed by atoms with Gasteiger partial charge < -0.3 is 10.3 Å². The topological polar surface area (TPSA) is 40.7 Å². The van der Waals surface area contributed by atoms with E-state index in [1.54, 1.807) is 0 Å². The predicted octanol–water partition coefficient (Wildman–Crippen LogP) is 4.35. The first kappa shape index (κ1) is 12.1. The van der Waals surface area contributed by atoms with Gasteiger partial charge in [0.2, 0.25) is 5.95 Å². The van der Waals surface area contributed by atoms with E-state index >= 15 is 0 Å². The summed E-state index contributed by atoms with van der Waals surface area (Å²) in [4.78, 5) is 7.03. The Morgan fingerprint density at radius 1 is 1.05 bits per heavy atom. The van der Waals surface area contributed by atoms with Gasteiger partial charge in [-0.2, -0.15) is 0 Å². The highest BCUT2D eigenvalue weighted by Crippen LogP contribution is 2.21. The third-order valence-corrected chi connectivity index (χ3v) is 3.16. The molecule has 0 aliphatic carbocycles. The predicted molar refractivity (Wildman–Crippen MR) is 73.4 cm³/mol. The Balaban J connectivity index is 1.95. The number of H-pyrrole nitrogens is 1. The summed E-state index contributed by atoms with van der Waals surface area (Å²) in [6.45, 7) is 0. The lowest BCUT2D eigenvalue weighted by molar-refractivity contribution is 0.510. The van der Waals surface area contributed by atoms with Crippen molar-refractivity contribution in [1.29, 1.82) is 0 Å². The molecule has 2 aromatic carbocycles. The number of halogens is 3. The number of anilines is 2. The van der Waals surface area contributed by atoms with Crippen LogP contribution >= 0.6 is 15.9 Å². The number of nitrogens with one attached hydrogen (secondary N) is 2. The number of hydrogen-bond donors (Lipinski definition) is 2. The number of fused-ring (bicyclic) bond motifs is 1. The van der Waals surface area contributed by atoms with Gasteiger partial charge in [-0.3, -0.25) is 0 Å². The first-order valence-corrected chi connectivity index (χ1v) is 6.28. The van der Waals surface area contributed by atoms with Crippen molar-refractivity contribution in [3.05, 3.63) is 52.5 Å². The van der Waals surface area contributed by atoms with E-state index in [0.29, 0.717) is 17.0 Å². The van der Waals surface area contributed by atoms with Crippen molar-refractivity contribution < 1.29 is 8.78 Å². The monoisotopic (exact) mass is 323 g/mol. The fourth-order valence-corrected chi connectivity index (χ4v) is 2.00. The van der Waals surface area contributed by atoms with Crippen molar-refractivity contribution in [2.45, 2.75) is 0 Å². The van der Waals surface area contributed by atoms with Gasteiger partial charge in [-0.25, -0.2) is 13.8 Å². The highest BCUT2D eigenvalue weighted by molar-refractivity contribution is 9.10. The molecule has 3 nitrogen and oxygen atoms in total. The van der Waals surface area contributed by atoms with E-state index in [4.69, 9.17) is 0 Å². The number of aromatic nitrogens is 2. The van der Waals surface area contributed by atoms with E-state index in [-0.39, 0.29) is 0 Å². The lowest BCUT2D eigenvalue weighted by Crippen LogP contribution is -1.91. The Bertz CT molecular complexity index is 698. The SMILES string of the molecule is Fc1cc2nc(Nc3ccc(Br)cc3)[nH]c2cc1F. The molecule has 6 heteroatoms. The summed E-state index contributed by atoms with van der Waals surface area (Å²) in [7, 11) is 0. The van der Waals surface area contributed by atoms with Gasteiger partial charge in [0.05, 0.1) is 11.0 Å². The van der Waals surface area contributed by atoms with Crippen molar-refractivity contribution in [1.82, 2.24) is 9.97 Å². The molecule has 0 aliphatic rings. The third kappa shape index (κ3) is 2.44. The molecule has 0 radical (unpaired) electrons. The number of hydrogen-bond acceptors (Lipinski definition) is 2. The first-order chi connectivity index (χ1) is 9.11. The fourth-order valence-electron chi connectivity index (χ4n) is 1.73. The second kappa shape index (κ2) is 4.62. The Labute approximate surface area is 115 Å². The normalized spacial score (nSPS) is 10.9. The van der Waals surface area contributed by atoms with E-state index in [0.717, 1.165) is 22.3 Å². The molecule has 96 valence electrons. The molecule has 1 aromatic heterocycles. The smallest absolute Gasteiger partial charge is 0.205 e. The Morgan fingerprint density at radius 3 is 2.47 bits per heavy atom. The number of nitrogens with zero attached hydrogens (tertiary/aromatic N) is 1. The summed E-state index contributed by atoms with van der Waals surface area (Å²) in [6, 6.07) is 9.63. The second-order valence-electron chi connectivity index (χ2n) is 4.00. The van der Waals surface area contributed by atoms with Crippen LogP contribution in [0.2, 0.25) is 0 Å². The fraction of sp³-hybridized carbons (Fsp3) is 0. The average Bonchev–Trinajstić information content (AvgIpc) is 2.74. The summed E-state index contributed by atoms with van der Waals surface area (Å²) < 4.78 is 27.1. The van der Waals surface area contributed by atoms with Gasteiger partial charge in [0.25, 0.3) is 0 Å². The van der Waals surface area contributed by atoms with Crippen LogP contribution in [0.25, 0.3) is 11.0 Å². The molecule has 0 saturated heterocycles. The van der Waals surface area contributed by atoms with E-state index < -0.39 is 11.6 Å². The van der Waals surface area contributed by atoms with Gasteiger partial charge in [0.1, 0.15) is 0 Å². The molecule has 1 heterocycles. The zero-order valence-corrected chi connectivity index (χ0v) is 11.1. The van der Waals surface area contributed by atoms with Crippen molar-refractivity contribution in [2.24, 2.45) is 0 Å². The summed E-state index contributed by atoms with van der Waals surface area (Å²) in [5.41, 5.74) is 1.64. The Hall–Kier alpha value is -1.95. The summed E-state index contributed by atoms with van der Waals surface area (Å²) in [5, 5.41) is 3.03. The highest BCUT2D eigenvalue weighted by atomic mass is 79.9. The number of benzene rings is 2. The van der Waals surface area contributed by atoms with Crippen LogP contribution in [-0.2, 0) is 0 Å². The van der Waals surface area contributed by atoms with Crippen LogP contribution in [0.1, 0.15) is 0 Å². The van der Waals surface area contributed by atoms with Crippen molar-refractivity contribution in [2.75, 3.05) is 5.32 Å². The molecule has 0 spiro atoms. The number of rotatable bonds is 2. The lowest BCUT2D eigenvalue weighted by Gasteiger charge is -2.01. The van der Waals surface area contributed by atoms with Gasteiger partial charge in [-0.1, -0.05) is 15.9 Å². The van der Waals surface area contributed by atoms with Crippen LogP contribution < -0.4 is 5.32 Å². The van der Waals surface area contributed by atoms with Crippen LogP contribution in [0, 0.1) is 11.6 Å². The highest BCUT2D eigenvalue weighted by Gasteiger charge is 2.08. The molecule has 0 amide bonds. The zero-order valence-electron chi connectivity index (χ0n) is 9.55. The van der Waals surface area contributed by atoms with E-state index in [9.17, 15) is 8.78 Å². The van der Waals surface area contributed by atoms with E-state index in [1.807, 2.05) is 24.3 Å². The van der Waals surface area contributed by atoms with Gasteiger partial charge in [-0.15, -0.1) is 0 Å². The maximum absolute atomic E-state index is 13.1. The average molecular weight is 324 g/mol. The summed E-state index contributed by atoms with van der Waals surface area (Å²) in [6.07, 6.45) is 0. The second-order valence-corrected chi connectivity index (χ2v) is 4.92. The standard InChI is InChI=1S/C13H8BrF2N3/c14-7-1-3-8(4-2-7)17-13-18-11-5-9(15)10(16)6-12(11)19-13/h1-6H,(H2,17,18,19). The number of aromatic amines is 1. The number of imidazole rings is 1. The van der Waals surface area contributed by atoms with Crippen LogP contribution in [0.5, 0.6) is 0 Å². The molecule has 0 unspecified atom stereocenters. The molecule has 19 heavy (non-hydrogen) atoms. The van der Waals surface area contributed by atoms with E-state index in [1.165, 1.54) is 0 Å². The van der Waals surface area contributed by atoms with Gasteiger partial charge in [0, 0.05) is 22.3 Å². The molecule has 2 N–H and O–H groups in total. The molecule has 0 saturated carbocycles. The van der Waals surface area contributed by atoms with E-state index in [2.05, 4.69) is 31.2 Å². The van der Waals surface area contributed by atoms with Gasteiger partial charge >= 0.3 is 0 Å². The summed E-state index contributed by atoms with van der Waals surface area (Å²) >= 11 is 3.34. The molecule has 3 rings (SSSR count). The Morgan fingerprint density at radius 2 is 1.74 bits per heavy atom. The van der Waals surface area contributed by atoms with Crippen molar-refractivity contribution in [3.63, 3.8) is 0 Å². The molecule has 0 aliphatic heterocycles. The van der Waals surface area contributed by atoms with Crippen molar-refractivity contribution in [3.8, 4) is 0 Å². The largest absolute Gasteiger partial charge is 0.326 e. The maximum Gasteiger partial charge on any atom is 0.205 e. The molecule has 0 bridgehead atoms. The minimum Gasteiger partial charge on any atom is -0.326 e. The zero-order chi connectivity index (χ0) is 13.4. The van der Waals surface area contributed by atoms with Crippen LogP contribution in [0.4, 0.5) is 20.4 Å². The minimum atomic E-state index is -0.908. The van der Waals surface area contributed by atoms with Gasteiger partial charge in [-0.05, 0) is 24.3 Å². The van der Waals surface area contributed by atoms with Crippen LogP contribution in [0.3, 0.4) is 0 Å². The quantitative estimate of drug-likeness (QED) is 0.736. The molecular formula is C13H8BrF2N3. The molecule has 3 aromatic rings. The van der Waals surface area contributed by atoms with Gasteiger partial charge in [0.15, 0.2) is 11.6 Å². The Kier molecular flexibility index (Phi) is 2.94. The maximum atomic E-state index is 13.1. The lowest BCUT2D eigenvalue weighted by atomic mass is 10.3. The first-order valence-electron chi connectivity index (χ1n) is 5.49. The minimum absolute atomic E-state index is 0.374. The molecular weight excluding hydrogens is 316 g/mol. The van der Waals surface area contributed by atoms with Crippen molar-refractivity contribution >= 4 is 38.6 Å². The molecule has 0 fully saturated rings.